The fourth-order valence-corrected chi connectivity index (χ4v) is 1.24. The van der Waals surface area contributed by atoms with Crippen LogP contribution in [-0.2, 0) is 0 Å². The summed E-state index contributed by atoms with van der Waals surface area (Å²) >= 11 is 0. The molecule has 1 aromatic carbocycles. The zero-order chi connectivity index (χ0) is 8.55. The van der Waals surface area contributed by atoms with Gasteiger partial charge in [0.15, 0.2) is 11.6 Å². The van der Waals surface area contributed by atoms with Gasteiger partial charge in [-0.1, -0.05) is 24.3 Å². The molecule has 2 nitrogen and oxygen atoms in total. The number of carbonyl (C=O) groups excluding carboxylic acids is 2. The van der Waals surface area contributed by atoms with Gasteiger partial charge in [-0.15, -0.1) is 0 Å². The van der Waals surface area contributed by atoms with E-state index in [-0.39, 0.29) is 25.1 Å². The van der Waals surface area contributed by atoms with Crippen LogP contribution in [0.25, 0.3) is 0 Å². The van der Waals surface area contributed by atoms with Crippen molar-refractivity contribution in [2.24, 2.45) is 0 Å². The molecule has 0 bridgehead atoms. The van der Waals surface area contributed by atoms with Crippen molar-refractivity contribution in [2.45, 2.75) is 0 Å². The van der Waals surface area contributed by atoms with Gasteiger partial charge in [-0.2, -0.15) is 13.5 Å². The fraction of sp³-hybridized carbons (Fsp3) is 0. The second-order valence-electron chi connectivity index (χ2n) is 2.61. The van der Waals surface area contributed by atoms with E-state index in [2.05, 4.69) is 0 Å². The summed E-state index contributed by atoms with van der Waals surface area (Å²) in [5.74, 6) is -0.185. The molecule has 0 spiro atoms. The Balaban J connectivity index is 0.000000845. The maximum Gasteiger partial charge on any atom is 0.186 e. The van der Waals surface area contributed by atoms with Crippen molar-refractivity contribution in [3.8, 4) is 0 Å². The molecule has 3 heteroatoms. The average molecular weight is 192 g/mol. The largest absolute Gasteiger partial charge is 0.289 e. The molecule has 13 heavy (non-hydrogen) atoms. The highest BCUT2D eigenvalue weighted by Gasteiger charge is 2.16. The van der Waals surface area contributed by atoms with Gasteiger partial charge in [-0.05, 0) is 12.2 Å². The number of hydrogen-bond acceptors (Lipinski definition) is 2. The lowest BCUT2D eigenvalue weighted by atomic mass is 9.95. The van der Waals surface area contributed by atoms with Gasteiger partial charge in [-0.25, -0.2) is 0 Å². The van der Waals surface area contributed by atoms with Crippen LogP contribution in [0, 0.1) is 0 Å². The molecule has 0 aliphatic heterocycles. The first-order chi connectivity index (χ1) is 5.79. The zero-order valence-corrected chi connectivity index (χ0v) is 7.78. The van der Waals surface area contributed by atoms with Crippen LogP contribution < -0.4 is 0 Å². The quantitative estimate of drug-likeness (QED) is 0.627. The number of benzene rings is 1. The van der Waals surface area contributed by atoms with Gasteiger partial charge < -0.3 is 0 Å². The molecule has 2 rings (SSSR count). The summed E-state index contributed by atoms with van der Waals surface area (Å²) in [5.41, 5.74) is 1.01. The Bertz CT molecular complexity index is 357. The number of hydrogen-bond donors (Lipinski definition) is 0. The van der Waals surface area contributed by atoms with E-state index in [9.17, 15) is 9.59 Å². The van der Waals surface area contributed by atoms with Gasteiger partial charge in [-0.3, -0.25) is 9.59 Å². The normalized spacial score (nSPS) is 13.5. The molecule has 0 fully saturated rings. The van der Waals surface area contributed by atoms with Crippen LogP contribution in [0.3, 0.4) is 0 Å². The standard InChI is InChI=1S/C10H6O2.H2S/c11-9-5-6-10(12)8-4-2-1-3-7(8)9;/h1-6H;1H2. The summed E-state index contributed by atoms with van der Waals surface area (Å²) in [6.07, 6.45) is 2.62. The zero-order valence-electron chi connectivity index (χ0n) is 6.78. The van der Waals surface area contributed by atoms with E-state index in [4.69, 9.17) is 0 Å². The third-order valence-corrected chi connectivity index (χ3v) is 1.84. The topological polar surface area (TPSA) is 34.1 Å². The molecule has 0 radical (unpaired) electrons. The Morgan fingerprint density at radius 1 is 0.769 bits per heavy atom. The number of fused-ring (bicyclic) bond motifs is 1. The number of rotatable bonds is 0. The van der Waals surface area contributed by atoms with Crippen LogP contribution in [-0.4, -0.2) is 11.6 Å². The SMILES string of the molecule is O=C1C=CC(=O)c2ccccc21.S. The highest BCUT2D eigenvalue weighted by Crippen LogP contribution is 2.15. The lowest BCUT2D eigenvalue weighted by Gasteiger charge is -2.06. The van der Waals surface area contributed by atoms with Crippen LogP contribution in [0.1, 0.15) is 20.7 Å². The van der Waals surface area contributed by atoms with Gasteiger partial charge in [0.25, 0.3) is 0 Å². The first-order valence-electron chi connectivity index (χ1n) is 3.65. The molecule has 0 aromatic heterocycles. The van der Waals surface area contributed by atoms with Crippen LogP contribution >= 0.6 is 13.5 Å². The monoisotopic (exact) mass is 192 g/mol. The number of allylic oxidation sites excluding steroid dienone is 2. The molecular weight excluding hydrogens is 184 g/mol. The minimum Gasteiger partial charge on any atom is -0.289 e. The highest BCUT2D eigenvalue weighted by molar-refractivity contribution is 7.59. The summed E-state index contributed by atoms with van der Waals surface area (Å²) in [4.78, 5) is 22.4. The highest BCUT2D eigenvalue weighted by atomic mass is 32.1. The molecule has 0 N–H and O–H groups in total. The maximum atomic E-state index is 11.2. The lowest BCUT2D eigenvalue weighted by Crippen LogP contribution is -2.10. The summed E-state index contributed by atoms with van der Waals surface area (Å²) in [7, 11) is 0. The second-order valence-corrected chi connectivity index (χ2v) is 2.61. The molecule has 66 valence electrons. The summed E-state index contributed by atoms with van der Waals surface area (Å²) in [5, 5.41) is 0. The second kappa shape index (κ2) is 3.58. The van der Waals surface area contributed by atoms with Crippen LogP contribution in [0.4, 0.5) is 0 Å². The molecule has 0 amide bonds. The van der Waals surface area contributed by atoms with E-state index in [1.165, 1.54) is 12.2 Å². The van der Waals surface area contributed by atoms with Crippen molar-refractivity contribution in [1.29, 1.82) is 0 Å². The first kappa shape index (κ1) is 9.74. The molecule has 1 aliphatic carbocycles. The van der Waals surface area contributed by atoms with E-state index in [0.29, 0.717) is 11.1 Å². The summed E-state index contributed by atoms with van der Waals surface area (Å²) in [6, 6.07) is 6.84. The van der Waals surface area contributed by atoms with E-state index in [0.717, 1.165) is 0 Å². The maximum absolute atomic E-state index is 11.2. The van der Waals surface area contributed by atoms with Crippen molar-refractivity contribution in [2.75, 3.05) is 0 Å². The van der Waals surface area contributed by atoms with Crippen LogP contribution in [0.5, 0.6) is 0 Å². The Kier molecular flexibility index (Phi) is 2.68. The Morgan fingerprint density at radius 3 is 1.54 bits per heavy atom. The van der Waals surface area contributed by atoms with Gasteiger partial charge >= 0.3 is 0 Å². The van der Waals surface area contributed by atoms with Crippen molar-refractivity contribution in [3.63, 3.8) is 0 Å². The molecule has 1 aliphatic rings. The smallest absolute Gasteiger partial charge is 0.186 e. The van der Waals surface area contributed by atoms with Crippen molar-refractivity contribution < 1.29 is 9.59 Å². The predicted octanol–water partition coefficient (Wildman–Crippen LogP) is 1.73. The molecular formula is C10H8O2S. The Hall–Kier alpha value is -1.35. The average Bonchev–Trinajstić information content (AvgIpc) is 2.12. The molecule has 0 saturated heterocycles. The van der Waals surface area contributed by atoms with E-state index in [1.54, 1.807) is 24.3 Å². The summed E-state index contributed by atoms with van der Waals surface area (Å²) < 4.78 is 0. The van der Waals surface area contributed by atoms with Gasteiger partial charge in [0, 0.05) is 11.1 Å². The van der Waals surface area contributed by atoms with Crippen LogP contribution in [0.2, 0.25) is 0 Å². The van der Waals surface area contributed by atoms with Crippen molar-refractivity contribution in [3.05, 3.63) is 47.5 Å². The van der Waals surface area contributed by atoms with Gasteiger partial charge in [0.1, 0.15) is 0 Å². The molecule has 1 aromatic rings. The van der Waals surface area contributed by atoms with Crippen molar-refractivity contribution in [1.82, 2.24) is 0 Å². The van der Waals surface area contributed by atoms with Crippen molar-refractivity contribution >= 4 is 25.1 Å². The van der Waals surface area contributed by atoms with Gasteiger partial charge in [0.05, 0.1) is 0 Å². The molecule has 0 atom stereocenters. The predicted molar refractivity (Wildman–Crippen MR) is 54.6 cm³/mol. The lowest BCUT2D eigenvalue weighted by molar-refractivity contribution is 0.0994. The van der Waals surface area contributed by atoms with E-state index >= 15 is 0 Å². The van der Waals surface area contributed by atoms with Gasteiger partial charge in [0.2, 0.25) is 0 Å². The minimum absolute atomic E-state index is 0. The summed E-state index contributed by atoms with van der Waals surface area (Å²) in [6.45, 7) is 0. The number of carbonyl (C=O) groups is 2. The first-order valence-corrected chi connectivity index (χ1v) is 3.65. The molecule has 0 heterocycles. The minimum atomic E-state index is -0.0924. The molecule has 0 unspecified atom stereocenters. The van der Waals surface area contributed by atoms with E-state index < -0.39 is 0 Å². The van der Waals surface area contributed by atoms with E-state index in [1.807, 2.05) is 0 Å². The third-order valence-electron chi connectivity index (χ3n) is 1.84. The molecule has 0 saturated carbocycles. The Morgan fingerprint density at radius 2 is 1.15 bits per heavy atom. The third kappa shape index (κ3) is 1.55. The van der Waals surface area contributed by atoms with Crippen LogP contribution in [0.15, 0.2) is 36.4 Å². The fourth-order valence-electron chi connectivity index (χ4n) is 1.24. The number of ketones is 2. The Labute approximate surface area is 82.7 Å².